The minimum atomic E-state index is -0.823. The topological polar surface area (TPSA) is 83.1 Å². The van der Waals surface area contributed by atoms with E-state index in [1.807, 2.05) is 127 Å². The van der Waals surface area contributed by atoms with Crippen LogP contribution in [-0.2, 0) is 62.5 Å². The Morgan fingerprint density at radius 1 is 0.667 bits per heavy atom. The van der Waals surface area contributed by atoms with Gasteiger partial charge in [-0.2, -0.15) is 0 Å². The number of ether oxygens (including phenoxy) is 9. The molecule has 0 aromatic heterocycles. The third kappa shape index (κ3) is 8.77. The molecule has 2 fully saturated rings. The molecule has 9 atom stereocenters. The molecule has 0 aliphatic carbocycles. The van der Waals surface area contributed by atoms with Gasteiger partial charge in [-0.25, -0.2) is 0 Å². The zero-order valence-corrected chi connectivity index (χ0v) is 28.6. The lowest BCUT2D eigenvalue weighted by atomic mass is 9.96. The molecule has 9 heteroatoms. The lowest BCUT2D eigenvalue weighted by Crippen LogP contribution is -2.61. The van der Waals surface area contributed by atoms with Crippen molar-refractivity contribution in [2.24, 2.45) is 0 Å². The lowest BCUT2D eigenvalue weighted by molar-refractivity contribution is -0.318. The van der Waals surface area contributed by atoms with Crippen LogP contribution < -0.4 is 0 Å². The van der Waals surface area contributed by atoms with Crippen LogP contribution in [0.3, 0.4) is 0 Å². The number of hydrogen-bond donors (Lipinski definition) is 0. The average molecular weight is 693 g/mol. The van der Waals surface area contributed by atoms with Crippen LogP contribution in [0.2, 0.25) is 0 Å². The van der Waals surface area contributed by atoms with Crippen LogP contribution in [0.25, 0.3) is 0 Å². The first kappa shape index (κ1) is 35.1. The SMILES string of the molecule is C=C(O[C@H]1C=CO[C@@H]2CO[C@@H](c3ccccc3)O[C@@H]12)[C@H]1O[C@H](OC)[C@@H](OCc2ccccc2)[C@@H](OCc2ccccc2)[C@@H]1OCc1ccccc1. The molecule has 266 valence electrons. The Morgan fingerprint density at radius 2 is 1.20 bits per heavy atom. The van der Waals surface area contributed by atoms with Gasteiger partial charge >= 0.3 is 0 Å². The second-order valence-corrected chi connectivity index (χ2v) is 12.7. The van der Waals surface area contributed by atoms with E-state index in [1.165, 1.54) is 0 Å². The van der Waals surface area contributed by atoms with Gasteiger partial charge in [-0.15, -0.1) is 0 Å². The number of benzene rings is 4. The molecular weight excluding hydrogens is 648 g/mol. The van der Waals surface area contributed by atoms with Crippen molar-refractivity contribution in [2.75, 3.05) is 13.7 Å². The van der Waals surface area contributed by atoms with Gasteiger partial charge in [0.15, 0.2) is 18.7 Å². The summed E-state index contributed by atoms with van der Waals surface area (Å²) in [7, 11) is 1.59. The molecule has 4 aromatic rings. The fourth-order valence-electron chi connectivity index (χ4n) is 6.53. The van der Waals surface area contributed by atoms with Crippen LogP contribution in [0.15, 0.2) is 146 Å². The number of methoxy groups -OCH3 is 1. The molecule has 4 aromatic carbocycles. The van der Waals surface area contributed by atoms with Crippen LogP contribution in [0.1, 0.15) is 28.5 Å². The quantitative estimate of drug-likeness (QED) is 0.129. The molecule has 0 spiro atoms. The molecule has 51 heavy (non-hydrogen) atoms. The normalized spacial score (nSPS) is 28.7. The van der Waals surface area contributed by atoms with Crippen molar-refractivity contribution in [3.8, 4) is 0 Å². The van der Waals surface area contributed by atoms with Crippen LogP contribution >= 0.6 is 0 Å². The first-order valence-electron chi connectivity index (χ1n) is 17.3. The van der Waals surface area contributed by atoms with Crippen LogP contribution in [-0.4, -0.2) is 62.7 Å². The molecule has 9 nitrogen and oxygen atoms in total. The molecular formula is C42H44O9. The highest BCUT2D eigenvalue weighted by Gasteiger charge is 2.51. The standard InChI is InChI=1S/C42H44O9/c1-29(49-34-23-24-44-35-28-48-41(51-37(34)35)33-21-13-6-14-22-33)36-38(45-25-30-15-7-3-8-16-30)39(46-26-31-17-9-4-10-18-31)40(42(43-2)50-36)47-27-32-19-11-5-12-20-32/h3-24,34-42H,1,25-28H2,2H3/t34-,35+,36+,37-,38+,39-,40-,41+,42-/m0/s1. The van der Waals surface area contributed by atoms with E-state index >= 15 is 0 Å². The van der Waals surface area contributed by atoms with Gasteiger partial charge in [-0.05, 0) is 22.8 Å². The number of hydrogen-bond acceptors (Lipinski definition) is 9. The summed E-state index contributed by atoms with van der Waals surface area (Å²) in [5, 5.41) is 0. The van der Waals surface area contributed by atoms with Crippen molar-refractivity contribution in [1.82, 2.24) is 0 Å². The molecule has 3 heterocycles. The van der Waals surface area contributed by atoms with Crippen LogP contribution in [0.5, 0.6) is 0 Å². The fourth-order valence-corrected chi connectivity index (χ4v) is 6.53. The van der Waals surface area contributed by atoms with Crippen LogP contribution in [0.4, 0.5) is 0 Å². The van der Waals surface area contributed by atoms with Crippen LogP contribution in [0, 0.1) is 0 Å². The smallest absolute Gasteiger partial charge is 0.187 e. The second-order valence-electron chi connectivity index (χ2n) is 12.7. The van der Waals surface area contributed by atoms with Crippen molar-refractivity contribution in [1.29, 1.82) is 0 Å². The summed E-state index contributed by atoms with van der Waals surface area (Å²) < 4.78 is 57.6. The van der Waals surface area contributed by atoms with Gasteiger partial charge < -0.3 is 42.6 Å². The highest BCUT2D eigenvalue weighted by atomic mass is 16.7. The molecule has 2 saturated heterocycles. The molecule has 0 amide bonds. The van der Waals surface area contributed by atoms with E-state index in [1.54, 1.807) is 13.4 Å². The van der Waals surface area contributed by atoms with Gasteiger partial charge in [-0.3, -0.25) is 0 Å². The minimum Gasteiger partial charge on any atom is -0.493 e. The molecule has 3 aliphatic rings. The Bertz CT molecular complexity index is 1670. The monoisotopic (exact) mass is 692 g/mol. The summed E-state index contributed by atoms with van der Waals surface area (Å²) in [5.74, 6) is 0.339. The maximum Gasteiger partial charge on any atom is 0.187 e. The van der Waals surface area contributed by atoms with Gasteiger partial charge in [0, 0.05) is 12.7 Å². The predicted octanol–water partition coefficient (Wildman–Crippen LogP) is 7.04. The first-order chi connectivity index (χ1) is 25.2. The molecule has 0 N–H and O–H groups in total. The molecule has 0 unspecified atom stereocenters. The maximum absolute atomic E-state index is 6.74. The van der Waals surface area contributed by atoms with Crippen molar-refractivity contribution in [3.63, 3.8) is 0 Å². The summed E-state index contributed by atoms with van der Waals surface area (Å²) in [6.07, 6.45) is -2.09. The minimum absolute atomic E-state index is 0.300. The zero-order chi connectivity index (χ0) is 34.8. The van der Waals surface area contributed by atoms with Gasteiger partial charge in [0.2, 0.25) is 0 Å². The molecule has 0 radical (unpaired) electrons. The fraction of sp³-hybridized carbons (Fsp3) is 0.333. The molecule has 0 bridgehead atoms. The van der Waals surface area contributed by atoms with Crippen molar-refractivity contribution in [2.45, 2.75) is 75.1 Å². The second kappa shape index (κ2) is 17.3. The average Bonchev–Trinajstić information content (AvgIpc) is 3.19. The van der Waals surface area contributed by atoms with Crippen molar-refractivity contribution >= 4 is 0 Å². The summed E-state index contributed by atoms with van der Waals surface area (Å²) >= 11 is 0. The molecule has 0 saturated carbocycles. The third-order valence-electron chi connectivity index (χ3n) is 9.16. The summed E-state index contributed by atoms with van der Waals surface area (Å²) in [5.41, 5.74) is 3.93. The van der Waals surface area contributed by atoms with Crippen molar-refractivity contribution < 1.29 is 42.6 Å². The highest BCUT2D eigenvalue weighted by molar-refractivity contribution is 5.19. The Hall–Kier alpha value is -4.32. The Labute approximate surface area is 299 Å². The van der Waals surface area contributed by atoms with Crippen molar-refractivity contribution in [3.05, 3.63) is 168 Å². The zero-order valence-electron chi connectivity index (χ0n) is 28.6. The Kier molecular flexibility index (Phi) is 11.9. The van der Waals surface area contributed by atoms with E-state index in [9.17, 15) is 0 Å². The molecule has 3 aliphatic heterocycles. The number of rotatable bonds is 14. The number of fused-ring (bicyclic) bond motifs is 1. The van der Waals surface area contributed by atoms with E-state index in [-0.39, 0.29) is 6.10 Å². The van der Waals surface area contributed by atoms with Gasteiger partial charge in [-0.1, -0.05) is 128 Å². The lowest BCUT2D eigenvalue weighted by Gasteiger charge is -2.46. The Balaban J connectivity index is 1.16. The highest BCUT2D eigenvalue weighted by Crippen LogP contribution is 2.37. The first-order valence-corrected chi connectivity index (χ1v) is 17.3. The van der Waals surface area contributed by atoms with E-state index < -0.39 is 49.2 Å². The van der Waals surface area contributed by atoms with Gasteiger partial charge in [0.1, 0.15) is 42.4 Å². The third-order valence-corrected chi connectivity index (χ3v) is 9.16. The van der Waals surface area contributed by atoms with E-state index in [0.717, 1.165) is 22.3 Å². The summed E-state index contributed by atoms with van der Waals surface area (Å²) in [6, 6.07) is 39.8. The predicted molar refractivity (Wildman–Crippen MR) is 189 cm³/mol. The summed E-state index contributed by atoms with van der Waals surface area (Å²) in [4.78, 5) is 0. The largest absolute Gasteiger partial charge is 0.493 e. The Morgan fingerprint density at radius 3 is 1.76 bits per heavy atom. The van der Waals surface area contributed by atoms with Gasteiger partial charge in [0.25, 0.3) is 0 Å². The van der Waals surface area contributed by atoms with E-state index in [4.69, 9.17) is 42.6 Å². The van der Waals surface area contributed by atoms with E-state index in [0.29, 0.717) is 32.2 Å². The molecule has 7 rings (SSSR count). The van der Waals surface area contributed by atoms with E-state index in [2.05, 4.69) is 6.58 Å². The maximum atomic E-state index is 6.74. The van der Waals surface area contributed by atoms with Gasteiger partial charge in [0.05, 0.1) is 32.7 Å². The summed E-state index contributed by atoms with van der Waals surface area (Å²) in [6.45, 7) is 5.67.